The zero-order chi connectivity index (χ0) is 13.7. The van der Waals surface area contributed by atoms with E-state index in [0.717, 1.165) is 41.4 Å². The molecule has 1 aromatic carbocycles. The second-order valence-electron chi connectivity index (χ2n) is 4.51. The molecular weight excluding hydrogens is 238 g/mol. The summed E-state index contributed by atoms with van der Waals surface area (Å²) in [5, 5.41) is 0. The lowest BCUT2D eigenvalue weighted by Gasteiger charge is -2.03. The SMILES string of the molecule is CCOc1ccc(-c2nc(CCCN)[nH]c2C)cc1. The Morgan fingerprint density at radius 2 is 2.00 bits per heavy atom. The van der Waals surface area contributed by atoms with Crippen LogP contribution in [-0.2, 0) is 6.42 Å². The number of aryl methyl sites for hydroxylation is 2. The molecule has 0 radical (unpaired) electrons. The molecule has 0 atom stereocenters. The van der Waals surface area contributed by atoms with Crippen LogP contribution in [0.4, 0.5) is 0 Å². The molecule has 0 aliphatic heterocycles. The fourth-order valence-electron chi connectivity index (χ4n) is 2.07. The predicted molar refractivity (Wildman–Crippen MR) is 77.3 cm³/mol. The van der Waals surface area contributed by atoms with Gasteiger partial charge in [0.1, 0.15) is 11.6 Å². The van der Waals surface area contributed by atoms with Gasteiger partial charge in [-0.2, -0.15) is 0 Å². The highest BCUT2D eigenvalue weighted by molar-refractivity contribution is 5.62. The lowest BCUT2D eigenvalue weighted by molar-refractivity contribution is 0.340. The fourth-order valence-corrected chi connectivity index (χ4v) is 2.07. The number of aromatic amines is 1. The van der Waals surface area contributed by atoms with Gasteiger partial charge in [0.25, 0.3) is 0 Å². The van der Waals surface area contributed by atoms with Gasteiger partial charge in [-0.1, -0.05) is 0 Å². The van der Waals surface area contributed by atoms with E-state index < -0.39 is 0 Å². The molecule has 3 N–H and O–H groups in total. The Morgan fingerprint density at radius 1 is 1.26 bits per heavy atom. The van der Waals surface area contributed by atoms with E-state index in [2.05, 4.69) is 9.97 Å². The summed E-state index contributed by atoms with van der Waals surface area (Å²) in [6.07, 6.45) is 1.85. The molecule has 0 amide bonds. The summed E-state index contributed by atoms with van der Waals surface area (Å²) >= 11 is 0. The van der Waals surface area contributed by atoms with Gasteiger partial charge in [0.2, 0.25) is 0 Å². The zero-order valence-electron chi connectivity index (χ0n) is 11.6. The summed E-state index contributed by atoms with van der Waals surface area (Å²) in [5.74, 6) is 1.90. The van der Waals surface area contributed by atoms with E-state index in [0.29, 0.717) is 13.2 Å². The highest BCUT2D eigenvalue weighted by Crippen LogP contribution is 2.24. The van der Waals surface area contributed by atoms with Gasteiger partial charge in [0.05, 0.1) is 12.3 Å². The summed E-state index contributed by atoms with van der Waals surface area (Å²) < 4.78 is 5.44. The monoisotopic (exact) mass is 259 g/mol. The highest BCUT2D eigenvalue weighted by Gasteiger charge is 2.08. The first-order valence-electron chi connectivity index (χ1n) is 6.73. The van der Waals surface area contributed by atoms with Crippen LogP contribution >= 0.6 is 0 Å². The molecule has 0 fully saturated rings. The maximum absolute atomic E-state index is 5.52. The van der Waals surface area contributed by atoms with Crippen molar-refractivity contribution in [1.29, 1.82) is 0 Å². The van der Waals surface area contributed by atoms with Gasteiger partial charge >= 0.3 is 0 Å². The summed E-state index contributed by atoms with van der Waals surface area (Å²) in [6, 6.07) is 8.04. The van der Waals surface area contributed by atoms with Crippen molar-refractivity contribution in [2.24, 2.45) is 5.73 Å². The molecule has 0 spiro atoms. The second-order valence-corrected chi connectivity index (χ2v) is 4.51. The molecule has 2 aromatic rings. The van der Waals surface area contributed by atoms with Crippen molar-refractivity contribution in [2.75, 3.05) is 13.2 Å². The Kier molecular flexibility index (Phi) is 4.58. The molecule has 19 heavy (non-hydrogen) atoms. The standard InChI is InChI=1S/C15H21N3O/c1-3-19-13-8-6-12(7-9-13)15-11(2)17-14(18-15)5-4-10-16/h6-9H,3-5,10,16H2,1-2H3,(H,17,18). The van der Waals surface area contributed by atoms with E-state index in [4.69, 9.17) is 10.5 Å². The number of nitrogens with zero attached hydrogens (tertiary/aromatic N) is 1. The zero-order valence-corrected chi connectivity index (χ0v) is 11.6. The third-order valence-electron chi connectivity index (χ3n) is 2.99. The van der Waals surface area contributed by atoms with Crippen molar-refractivity contribution >= 4 is 0 Å². The van der Waals surface area contributed by atoms with Crippen molar-refractivity contribution in [3.63, 3.8) is 0 Å². The number of imidazole rings is 1. The molecule has 2 rings (SSSR count). The van der Waals surface area contributed by atoms with Gasteiger partial charge in [-0.25, -0.2) is 4.98 Å². The lowest BCUT2D eigenvalue weighted by atomic mass is 10.1. The van der Waals surface area contributed by atoms with Crippen molar-refractivity contribution in [3.8, 4) is 17.0 Å². The largest absolute Gasteiger partial charge is 0.494 e. The molecule has 1 aromatic heterocycles. The van der Waals surface area contributed by atoms with E-state index in [1.807, 2.05) is 38.1 Å². The predicted octanol–water partition coefficient (Wildman–Crippen LogP) is 2.68. The first-order chi connectivity index (χ1) is 9.24. The maximum Gasteiger partial charge on any atom is 0.119 e. The van der Waals surface area contributed by atoms with Gasteiger partial charge in [-0.05, 0) is 51.1 Å². The second kappa shape index (κ2) is 6.38. The molecule has 102 valence electrons. The number of hydrogen-bond donors (Lipinski definition) is 2. The summed E-state index contributed by atoms with van der Waals surface area (Å²) in [5.41, 5.74) is 8.73. The minimum atomic E-state index is 0.685. The van der Waals surface area contributed by atoms with Crippen LogP contribution in [0.2, 0.25) is 0 Å². The smallest absolute Gasteiger partial charge is 0.119 e. The number of rotatable bonds is 6. The van der Waals surface area contributed by atoms with Crippen molar-refractivity contribution < 1.29 is 4.74 Å². The van der Waals surface area contributed by atoms with Crippen LogP contribution in [0.5, 0.6) is 5.75 Å². The molecule has 0 aliphatic carbocycles. The lowest BCUT2D eigenvalue weighted by Crippen LogP contribution is -2.01. The normalized spacial score (nSPS) is 10.7. The molecule has 0 unspecified atom stereocenters. The third kappa shape index (κ3) is 3.35. The average Bonchev–Trinajstić information content (AvgIpc) is 2.79. The van der Waals surface area contributed by atoms with Crippen LogP contribution in [0, 0.1) is 6.92 Å². The molecule has 4 heteroatoms. The molecule has 1 heterocycles. The Labute approximate surface area is 114 Å². The van der Waals surface area contributed by atoms with Gasteiger partial charge < -0.3 is 15.5 Å². The van der Waals surface area contributed by atoms with Crippen LogP contribution in [0.25, 0.3) is 11.3 Å². The van der Waals surface area contributed by atoms with Crippen molar-refractivity contribution in [3.05, 3.63) is 35.8 Å². The number of aromatic nitrogens is 2. The van der Waals surface area contributed by atoms with E-state index in [-0.39, 0.29) is 0 Å². The molecule has 0 aliphatic rings. The minimum Gasteiger partial charge on any atom is -0.494 e. The average molecular weight is 259 g/mol. The van der Waals surface area contributed by atoms with Crippen molar-refractivity contribution in [2.45, 2.75) is 26.7 Å². The summed E-state index contributed by atoms with van der Waals surface area (Å²) in [7, 11) is 0. The molecular formula is C15H21N3O. The Morgan fingerprint density at radius 3 is 2.63 bits per heavy atom. The first kappa shape index (κ1) is 13.6. The Hall–Kier alpha value is -1.81. The van der Waals surface area contributed by atoms with E-state index >= 15 is 0 Å². The van der Waals surface area contributed by atoms with Crippen molar-refractivity contribution in [1.82, 2.24) is 9.97 Å². The third-order valence-corrected chi connectivity index (χ3v) is 2.99. The number of H-pyrrole nitrogens is 1. The number of nitrogens with two attached hydrogens (primary N) is 1. The van der Waals surface area contributed by atoms with Crippen LogP contribution in [0.15, 0.2) is 24.3 Å². The molecule has 4 nitrogen and oxygen atoms in total. The van der Waals surface area contributed by atoms with Gasteiger partial charge in [0.15, 0.2) is 0 Å². The number of benzene rings is 1. The van der Waals surface area contributed by atoms with E-state index in [1.165, 1.54) is 0 Å². The number of ether oxygens (including phenoxy) is 1. The van der Waals surface area contributed by atoms with Crippen LogP contribution in [-0.4, -0.2) is 23.1 Å². The topological polar surface area (TPSA) is 63.9 Å². The van der Waals surface area contributed by atoms with Gasteiger partial charge in [0, 0.05) is 17.7 Å². The molecule has 0 bridgehead atoms. The quantitative estimate of drug-likeness (QED) is 0.838. The fraction of sp³-hybridized carbons (Fsp3) is 0.400. The number of nitrogens with one attached hydrogen (secondary N) is 1. The van der Waals surface area contributed by atoms with Gasteiger partial charge in [-0.3, -0.25) is 0 Å². The molecule has 0 saturated heterocycles. The maximum atomic E-state index is 5.52. The van der Waals surface area contributed by atoms with Crippen LogP contribution in [0.3, 0.4) is 0 Å². The van der Waals surface area contributed by atoms with Crippen LogP contribution < -0.4 is 10.5 Å². The van der Waals surface area contributed by atoms with Crippen LogP contribution in [0.1, 0.15) is 24.9 Å². The highest BCUT2D eigenvalue weighted by atomic mass is 16.5. The number of hydrogen-bond acceptors (Lipinski definition) is 3. The summed E-state index contributed by atoms with van der Waals surface area (Å²) in [6.45, 7) is 5.41. The first-order valence-corrected chi connectivity index (χ1v) is 6.73. The van der Waals surface area contributed by atoms with Gasteiger partial charge in [-0.15, -0.1) is 0 Å². The Bertz CT molecular complexity index is 517. The minimum absolute atomic E-state index is 0.685. The Balaban J connectivity index is 2.18. The van der Waals surface area contributed by atoms with E-state index in [9.17, 15) is 0 Å². The summed E-state index contributed by atoms with van der Waals surface area (Å²) in [4.78, 5) is 7.96. The molecule has 0 saturated carbocycles. The van der Waals surface area contributed by atoms with E-state index in [1.54, 1.807) is 0 Å².